The first-order valence-electron chi connectivity index (χ1n) is 20.2. The normalized spacial score (nSPS) is 11.1. The number of carbonyl (C=O) groups excluding carboxylic acids is 3. The summed E-state index contributed by atoms with van der Waals surface area (Å²) in [5.74, 6) is -1.72. The van der Waals surface area contributed by atoms with Gasteiger partial charge in [0.15, 0.2) is 0 Å². The van der Waals surface area contributed by atoms with Gasteiger partial charge < -0.3 is 29.8 Å². The van der Waals surface area contributed by atoms with Gasteiger partial charge in [0.2, 0.25) is 5.36 Å². The third-order valence-corrected chi connectivity index (χ3v) is 13.1. The lowest BCUT2D eigenvalue weighted by Crippen LogP contribution is -2.30. The summed E-state index contributed by atoms with van der Waals surface area (Å²) in [6.07, 6.45) is 1.13. The van der Waals surface area contributed by atoms with E-state index in [1.807, 2.05) is 135 Å². The van der Waals surface area contributed by atoms with Gasteiger partial charge in [-0.2, -0.15) is 0 Å². The first-order valence-corrected chi connectivity index (χ1v) is 21.5. The van der Waals surface area contributed by atoms with E-state index in [0.29, 0.717) is 59.5 Å². The summed E-state index contributed by atoms with van der Waals surface area (Å²) in [6.45, 7) is 0.664. The number of esters is 1. The Morgan fingerprint density at radius 2 is 1.29 bits per heavy atom. The van der Waals surface area contributed by atoms with Crippen molar-refractivity contribution in [1.82, 2.24) is 15.2 Å². The van der Waals surface area contributed by atoms with Crippen LogP contribution in [-0.4, -0.2) is 77.2 Å². The van der Waals surface area contributed by atoms with Crippen LogP contribution in [0.5, 0.6) is 0 Å². The molecule has 1 aliphatic heterocycles. The maximum atomic E-state index is 13.5. The Morgan fingerprint density at radius 3 is 1.87 bits per heavy atom. The summed E-state index contributed by atoms with van der Waals surface area (Å²) in [5, 5.41) is 20.8. The molecular weight excluding hydrogens is 800 g/mol. The fraction of sp³-hybridized carbons (Fsp3) is 0.180. The average Bonchev–Trinajstić information content (AvgIpc) is 3.29. The summed E-state index contributed by atoms with van der Waals surface area (Å²) in [5.41, 5.74) is 4.48. The van der Waals surface area contributed by atoms with Crippen LogP contribution in [0.2, 0.25) is 0 Å². The van der Waals surface area contributed by atoms with Crippen LogP contribution in [0.1, 0.15) is 54.3 Å². The van der Waals surface area contributed by atoms with Crippen molar-refractivity contribution in [2.24, 2.45) is 0 Å². The number of rotatable bonds is 14. The van der Waals surface area contributed by atoms with Crippen LogP contribution in [0.3, 0.4) is 0 Å². The zero-order valence-electron chi connectivity index (χ0n) is 35.3. The molecule has 12 heteroatoms. The van der Waals surface area contributed by atoms with Crippen LogP contribution < -0.4 is 41.4 Å². The number of carboxylic acids is 1. The van der Waals surface area contributed by atoms with Crippen LogP contribution in [0, 0.1) is 0 Å². The highest BCUT2D eigenvalue weighted by molar-refractivity contribution is 7.80. The predicted molar refractivity (Wildman–Crippen MR) is 247 cm³/mol. The number of unbranched alkanes of at least 4 members (excludes halogenated alkanes) is 1. The molecule has 0 unspecified atom stereocenters. The van der Waals surface area contributed by atoms with Crippen LogP contribution in [0.25, 0.3) is 33.4 Å². The Kier molecular flexibility index (Phi) is 13.2. The maximum absolute atomic E-state index is 13.5. The van der Waals surface area contributed by atoms with E-state index in [9.17, 15) is 24.3 Å². The highest BCUT2D eigenvalue weighted by Crippen LogP contribution is 2.42. The number of hydrogen-bond donors (Lipinski definition) is 3. The largest absolute Gasteiger partial charge is 0.478 e. The molecule has 1 aliphatic carbocycles. The fourth-order valence-electron chi connectivity index (χ4n) is 7.37. The number of carboxylic acid groups (broad SMARTS) is 1. The van der Waals surface area contributed by atoms with Gasteiger partial charge in [0.25, 0.3) is 11.8 Å². The molecule has 2 amide bonds. The number of fused-ring (bicyclic) bond motifs is 2. The molecule has 62 heavy (non-hydrogen) atoms. The van der Waals surface area contributed by atoms with Gasteiger partial charge in [-0.05, 0) is 85.5 Å². The molecule has 3 N–H and O–H groups in total. The summed E-state index contributed by atoms with van der Waals surface area (Å²) in [7, 11) is 7.92. The molecule has 11 nitrogen and oxygen atoms in total. The van der Waals surface area contributed by atoms with Crippen LogP contribution in [0.15, 0.2) is 138 Å². The first-order chi connectivity index (χ1) is 29.9. The van der Waals surface area contributed by atoms with Crippen LogP contribution in [0.4, 0.5) is 5.69 Å². The molecule has 0 spiro atoms. The first kappa shape index (κ1) is 43.0. The Labute approximate surface area is 361 Å². The molecule has 7 rings (SSSR count). The van der Waals surface area contributed by atoms with E-state index in [1.165, 1.54) is 13.2 Å². The SMILES string of the molecule is COC(=O)c1ccc(C(=O)NCCCCNC(=O)c2ccc(-c3c4ccc(=[N+](C)C)cc-4oc4cc(N(C)C)ccc34)c(C(=O)O)c2)cc1P(c1ccccc1)c1ccccc1. The van der Waals surface area contributed by atoms with Gasteiger partial charge in [-0.15, -0.1) is 0 Å². The van der Waals surface area contributed by atoms with Crippen LogP contribution >= 0.6 is 7.92 Å². The number of nitrogens with zero attached hydrogens (tertiary/aromatic N) is 2. The van der Waals surface area contributed by atoms with E-state index in [2.05, 4.69) is 10.6 Å². The fourth-order valence-corrected chi connectivity index (χ4v) is 9.84. The Balaban J connectivity index is 1.04. The van der Waals surface area contributed by atoms with Gasteiger partial charge in [-0.1, -0.05) is 66.7 Å². The minimum absolute atomic E-state index is 0.00888. The average molecular weight is 848 g/mol. The number of ether oxygens (including phenoxy) is 1. The minimum atomic E-state index is -1.19. The smallest absolute Gasteiger partial charge is 0.338 e. The predicted octanol–water partition coefficient (Wildman–Crippen LogP) is 6.49. The number of anilines is 1. The van der Waals surface area contributed by atoms with Gasteiger partial charge in [0, 0.05) is 77.9 Å². The number of aromatic carboxylic acids is 1. The third kappa shape index (κ3) is 9.28. The second-order valence-corrected chi connectivity index (χ2v) is 17.3. The molecule has 5 aromatic rings. The van der Waals surface area contributed by atoms with Crippen molar-refractivity contribution in [2.45, 2.75) is 12.8 Å². The maximum Gasteiger partial charge on any atom is 0.338 e. The lowest BCUT2D eigenvalue weighted by Gasteiger charge is -2.22. The number of nitrogens with one attached hydrogen (secondary N) is 2. The molecule has 0 atom stereocenters. The van der Waals surface area contributed by atoms with Gasteiger partial charge >= 0.3 is 11.9 Å². The molecule has 5 aromatic carbocycles. The molecule has 314 valence electrons. The van der Waals surface area contributed by atoms with Crippen LogP contribution in [-0.2, 0) is 4.74 Å². The standard InChI is InChI=1S/C50H47N4O7P/c1-53(2)34-20-24-39-43(30-34)61-44-31-35(54(3)4)21-25-40(44)46(39)38-22-18-32(28-42(38)49(57)58)47(55)51-26-12-13-27-52-48(56)33-19-23-41(50(59)60-5)45(29-33)62(36-14-8-6-9-15-36)37-16-10-7-11-17-37/h6-11,14-25,28-31H,12-13,26-27H2,1-5H3,(H2-,51,52,55,56,57,58)/p+1. The zero-order chi connectivity index (χ0) is 43.9. The summed E-state index contributed by atoms with van der Waals surface area (Å²) >= 11 is 0. The lowest BCUT2D eigenvalue weighted by molar-refractivity contribution is 0.0600. The van der Waals surface area contributed by atoms with Crippen molar-refractivity contribution >= 4 is 64.2 Å². The number of carbonyl (C=O) groups is 4. The molecule has 0 saturated carbocycles. The molecule has 2 aliphatic rings. The van der Waals surface area contributed by atoms with Gasteiger partial charge in [-0.25, -0.2) is 14.2 Å². The van der Waals surface area contributed by atoms with Crippen molar-refractivity contribution < 1.29 is 33.4 Å². The van der Waals surface area contributed by atoms with E-state index in [1.54, 1.807) is 30.3 Å². The molecule has 1 heterocycles. The third-order valence-electron chi connectivity index (χ3n) is 10.6. The summed E-state index contributed by atoms with van der Waals surface area (Å²) in [6, 6.07) is 41.3. The molecule has 0 saturated heterocycles. The Morgan fingerprint density at radius 1 is 0.694 bits per heavy atom. The van der Waals surface area contributed by atoms with E-state index in [-0.39, 0.29) is 17.0 Å². The quantitative estimate of drug-likeness (QED) is 0.0372. The molecule has 0 aromatic heterocycles. The second-order valence-electron chi connectivity index (χ2n) is 15.1. The van der Waals surface area contributed by atoms with Crippen molar-refractivity contribution in [2.75, 3.05) is 53.3 Å². The number of methoxy groups -OCH3 is 1. The van der Waals surface area contributed by atoms with E-state index < -0.39 is 25.8 Å². The van der Waals surface area contributed by atoms with Crippen molar-refractivity contribution in [3.8, 4) is 22.5 Å². The summed E-state index contributed by atoms with van der Waals surface area (Å²) in [4.78, 5) is 54.6. The van der Waals surface area contributed by atoms with Gasteiger partial charge in [-0.3, -0.25) is 9.59 Å². The van der Waals surface area contributed by atoms with Gasteiger partial charge in [0.05, 0.1) is 24.3 Å². The highest BCUT2D eigenvalue weighted by Gasteiger charge is 2.26. The number of amides is 2. The van der Waals surface area contributed by atoms with Gasteiger partial charge in [0.1, 0.15) is 25.4 Å². The molecule has 0 radical (unpaired) electrons. The molecule has 0 fully saturated rings. The van der Waals surface area contributed by atoms with Crippen molar-refractivity contribution in [1.29, 1.82) is 0 Å². The topological polar surface area (TPSA) is 141 Å². The molecule has 0 bridgehead atoms. The Bertz CT molecular complexity index is 2800. The van der Waals surface area contributed by atoms with Crippen molar-refractivity contribution in [3.05, 3.63) is 161 Å². The monoisotopic (exact) mass is 847 g/mol. The zero-order valence-corrected chi connectivity index (χ0v) is 36.2. The highest BCUT2D eigenvalue weighted by atomic mass is 31.1. The van der Waals surface area contributed by atoms with E-state index in [0.717, 1.165) is 37.9 Å². The molecular formula is C50H48N4O7P+. The lowest BCUT2D eigenvalue weighted by atomic mass is 9.89. The Hall–Kier alpha value is -7.10. The number of benzene rings is 6. The number of hydrogen-bond acceptors (Lipinski definition) is 7. The van der Waals surface area contributed by atoms with E-state index in [4.69, 9.17) is 9.15 Å². The van der Waals surface area contributed by atoms with E-state index >= 15 is 0 Å². The summed E-state index contributed by atoms with van der Waals surface area (Å²) < 4.78 is 13.5. The minimum Gasteiger partial charge on any atom is -0.478 e. The van der Waals surface area contributed by atoms with Crippen molar-refractivity contribution in [3.63, 3.8) is 0 Å². The second kappa shape index (κ2) is 19.1.